The summed E-state index contributed by atoms with van der Waals surface area (Å²) < 4.78 is 1.03. The van der Waals surface area contributed by atoms with Crippen molar-refractivity contribution in [3.05, 3.63) is 34.4 Å². The van der Waals surface area contributed by atoms with E-state index in [1.807, 2.05) is 38.5 Å². The fourth-order valence-electron chi connectivity index (χ4n) is 1.53. The van der Waals surface area contributed by atoms with Gasteiger partial charge in [0.1, 0.15) is 5.84 Å². The van der Waals surface area contributed by atoms with E-state index in [1.54, 1.807) is 4.90 Å². The number of amidine groups is 1. The maximum Gasteiger partial charge on any atom is 0.129 e. The number of H-pyrrole nitrogens is 1. The van der Waals surface area contributed by atoms with Gasteiger partial charge in [-0.1, -0.05) is 15.9 Å². The number of halogens is 1. The Kier molecular flexibility index (Phi) is 2.52. The lowest BCUT2D eigenvalue weighted by molar-refractivity contribution is 0.620. The Bertz CT molecular complexity index is 514. The molecule has 0 saturated heterocycles. The van der Waals surface area contributed by atoms with Crippen LogP contribution in [0.4, 0.5) is 0 Å². The summed E-state index contributed by atoms with van der Waals surface area (Å²) in [6, 6.07) is 6.02. The van der Waals surface area contributed by atoms with Gasteiger partial charge in [0.25, 0.3) is 0 Å². The van der Waals surface area contributed by atoms with Gasteiger partial charge in [0.15, 0.2) is 0 Å². The second kappa shape index (κ2) is 3.70. The minimum atomic E-state index is 0.513. The van der Waals surface area contributed by atoms with E-state index in [0.717, 1.165) is 20.9 Å². The first-order valence-corrected chi connectivity index (χ1v) is 5.42. The molecule has 0 aliphatic rings. The summed E-state index contributed by atoms with van der Waals surface area (Å²) in [6.07, 6.45) is 1.87. The first-order valence-electron chi connectivity index (χ1n) is 4.62. The van der Waals surface area contributed by atoms with Crippen LogP contribution in [0.15, 0.2) is 28.9 Å². The number of hydrogen-bond donors (Lipinski definition) is 2. The molecule has 4 heteroatoms. The maximum atomic E-state index is 7.94. The minimum Gasteiger partial charge on any atom is -0.363 e. The average Bonchev–Trinajstić information content (AvgIpc) is 2.59. The average molecular weight is 266 g/mol. The maximum absolute atomic E-state index is 7.94. The summed E-state index contributed by atoms with van der Waals surface area (Å²) in [4.78, 5) is 4.96. The minimum absolute atomic E-state index is 0.513. The summed E-state index contributed by atoms with van der Waals surface area (Å²) in [5.41, 5.74) is 1.98. The van der Waals surface area contributed by atoms with Crippen LogP contribution in [0.1, 0.15) is 5.56 Å². The quantitative estimate of drug-likeness (QED) is 0.605. The molecule has 15 heavy (non-hydrogen) atoms. The molecule has 0 aliphatic carbocycles. The molecule has 2 N–H and O–H groups in total. The molecule has 1 aromatic heterocycles. The molecule has 0 spiro atoms. The van der Waals surface area contributed by atoms with Crippen molar-refractivity contribution in [1.82, 2.24) is 9.88 Å². The normalized spacial score (nSPS) is 10.6. The van der Waals surface area contributed by atoms with Crippen molar-refractivity contribution in [3.63, 3.8) is 0 Å². The molecule has 1 aromatic carbocycles. The highest BCUT2D eigenvalue weighted by molar-refractivity contribution is 9.10. The van der Waals surface area contributed by atoms with Crippen LogP contribution in [0.2, 0.25) is 0 Å². The molecule has 3 nitrogen and oxygen atoms in total. The van der Waals surface area contributed by atoms with E-state index in [-0.39, 0.29) is 0 Å². The molecule has 0 bridgehead atoms. The number of rotatable bonds is 1. The van der Waals surface area contributed by atoms with Crippen LogP contribution in [-0.2, 0) is 0 Å². The Morgan fingerprint density at radius 2 is 2.13 bits per heavy atom. The zero-order valence-corrected chi connectivity index (χ0v) is 10.2. The van der Waals surface area contributed by atoms with Crippen molar-refractivity contribution in [2.45, 2.75) is 0 Å². The van der Waals surface area contributed by atoms with Crippen molar-refractivity contribution in [3.8, 4) is 0 Å². The Hall–Kier alpha value is -1.29. The van der Waals surface area contributed by atoms with E-state index < -0.39 is 0 Å². The van der Waals surface area contributed by atoms with Crippen LogP contribution in [0.25, 0.3) is 10.9 Å². The van der Waals surface area contributed by atoms with Crippen molar-refractivity contribution >= 4 is 32.7 Å². The molecule has 0 unspecified atom stereocenters. The molecular formula is C11H12BrN3. The summed E-state index contributed by atoms with van der Waals surface area (Å²) in [7, 11) is 3.75. The lowest BCUT2D eigenvalue weighted by atomic mass is 10.1. The van der Waals surface area contributed by atoms with E-state index >= 15 is 0 Å². The van der Waals surface area contributed by atoms with Crippen molar-refractivity contribution in [1.29, 1.82) is 5.41 Å². The SMILES string of the molecule is CN(C)C(=N)c1c[nH]c2ccc(Br)cc12. The standard InChI is InChI=1S/C11H12BrN3/c1-15(2)11(13)9-6-14-10-4-3-7(12)5-8(9)10/h3-6,13-14H,1-2H3. The number of nitrogens with one attached hydrogen (secondary N) is 2. The molecule has 78 valence electrons. The lowest BCUT2D eigenvalue weighted by Gasteiger charge is -2.12. The van der Waals surface area contributed by atoms with E-state index in [1.165, 1.54) is 0 Å². The molecule has 1 heterocycles. The van der Waals surface area contributed by atoms with Gasteiger partial charge in [0.2, 0.25) is 0 Å². The fraction of sp³-hybridized carbons (Fsp3) is 0.182. The number of aromatic nitrogens is 1. The number of fused-ring (bicyclic) bond motifs is 1. The van der Waals surface area contributed by atoms with Crippen LogP contribution in [0, 0.1) is 5.41 Å². The highest BCUT2D eigenvalue weighted by Crippen LogP contribution is 2.23. The Morgan fingerprint density at radius 3 is 2.80 bits per heavy atom. The van der Waals surface area contributed by atoms with Gasteiger partial charge >= 0.3 is 0 Å². The van der Waals surface area contributed by atoms with Gasteiger partial charge in [-0.25, -0.2) is 0 Å². The number of nitrogens with zero attached hydrogens (tertiary/aromatic N) is 1. The van der Waals surface area contributed by atoms with E-state index in [9.17, 15) is 0 Å². The van der Waals surface area contributed by atoms with Crippen molar-refractivity contribution in [2.75, 3.05) is 14.1 Å². The molecule has 0 saturated carbocycles. The second-order valence-corrected chi connectivity index (χ2v) is 4.55. The predicted molar refractivity (Wildman–Crippen MR) is 66.5 cm³/mol. The Balaban J connectivity index is 2.62. The Morgan fingerprint density at radius 1 is 1.40 bits per heavy atom. The van der Waals surface area contributed by atoms with Crippen LogP contribution in [0.5, 0.6) is 0 Å². The third-order valence-electron chi connectivity index (χ3n) is 2.35. The highest BCUT2D eigenvalue weighted by atomic mass is 79.9. The number of benzene rings is 1. The van der Waals surface area contributed by atoms with Crippen LogP contribution in [-0.4, -0.2) is 29.8 Å². The summed E-state index contributed by atoms with van der Waals surface area (Å²) in [6.45, 7) is 0. The zero-order chi connectivity index (χ0) is 11.0. The monoisotopic (exact) mass is 265 g/mol. The first-order chi connectivity index (χ1) is 7.09. The van der Waals surface area contributed by atoms with Gasteiger partial charge in [-0.2, -0.15) is 0 Å². The van der Waals surface area contributed by atoms with Gasteiger partial charge in [-0.05, 0) is 18.2 Å². The molecule has 2 rings (SSSR count). The summed E-state index contributed by atoms with van der Waals surface area (Å²) in [5, 5.41) is 9.02. The smallest absolute Gasteiger partial charge is 0.129 e. The molecular weight excluding hydrogens is 254 g/mol. The van der Waals surface area contributed by atoms with Gasteiger partial charge in [0.05, 0.1) is 0 Å². The first kappa shape index (κ1) is 10.2. The van der Waals surface area contributed by atoms with Gasteiger partial charge in [0, 0.05) is 41.2 Å². The van der Waals surface area contributed by atoms with E-state index in [0.29, 0.717) is 5.84 Å². The molecule has 0 amide bonds. The van der Waals surface area contributed by atoms with Crippen molar-refractivity contribution in [2.24, 2.45) is 0 Å². The third-order valence-corrected chi connectivity index (χ3v) is 2.84. The van der Waals surface area contributed by atoms with Gasteiger partial charge < -0.3 is 9.88 Å². The Labute approximate surface area is 96.7 Å². The third kappa shape index (κ3) is 1.77. The van der Waals surface area contributed by atoms with Gasteiger partial charge in [-0.15, -0.1) is 0 Å². The lowest BCUT2D eigenvalue weighted by Crippen LogP contribution is -2.21. The molecule has 2 aromatic rings. The predicted octanol–water partition coefficient (Wildman–Crippen LogP) is 2.82. The van der Waals surface area contributed by atoms with Crippen LogP contribution in [0.3, 0.4) is 0 Å². The topological polar surface area (TPSA) is 42.9 Å². The number of aromatic amines is 1. The van der Waals surface area contributed by atoms with Crippen LogP contribution < -0.4 is 0 Å². The molecule has 0 radical (unpaired) electrons. The zero-order valence-electron chi connectivity index (χ0n) is 8.63. The van der Waals surface area contributed by atoms with E-state index in [4.69, 9.17) is 5.41 Å². The highest BCUT2D eigenvalue weighted by Gasteiger charge is 2.10. The van der Waals surface area contributed by atoms with E-state index in [2.05, 4.69) is 20.9 Å². The van der Waals surface area contributed by atoms with Crippen molar-refractivity contribution < 1.29 is 0 Å². The number of hydrogen-bond acceptors (Lipinski definition) is 1. The second-order valence-electron chi connectivity index (χ2n) is 3.64. The van der Waals surface area contributed by atoms with Crippen LogP contribution >= 0.6 is 15.9 Å². The molecule has 0 atom stereocenters. The summed E-state index contributed by atoms with van der Waals surface area (Å²) in [5.74, 6) is 0.513. The largest absolute Gasteiger partial charge is 0.363 e. The van der Waals surface area contributed by atoms with Gasteiger partial charge in [-0.3, -0.25) is 5.41 Å². The fourth-order valence-corrected chi connectivity index (χ4v) is 1.89. The molecule has 0 fully saturated rings. The molecule has 0 aliphatic heterocycles. The summed E-state index contributed by atoms with van der Waals surface area (Å²) >= 11 is 3.44.